The first-order valence-corrected chi connectivity index (χ1v) is 7.43. The third-order valence-electron chi connectivity index (χ3n) is 3.39. The molecule has 0 spiro atoms. The fourth-order valence-corrected chi connectivity index (χ4v) is 2.23. The summed E-state index contributed by atoms with van der Waals surface area (Å²) in [6, 6.07) is 18.4. The number of benzene rings is 3. The smallest absolute Gasteiger partial charge is 0.409 e. The van der Waals surface area contributed by atoms with Gasteiger partial charge in [0.25, 0.3) is 0 Å². The Hall–Kier alpha value is -3.87. The summed E-state index contributed by atoms with van der Waals surface area (Å²) in [7, 11) is 0. The lowest BCUT2D eigenvalue weighted by molar-refractivity contribution is 0.0696. The van der Waals surface area contributed by atoms with E-state index in [0.717, 1.165) is 16.8 Å². The van der Waals surface area contributed by atoms with Crippen molar-refractivity contribution >= 4 is 34.5 Å². The van der Waals surface area contributed by atoms with Crippen LogP contribution in [-0.4, -0.2) is 33.4 Å². The topological polar surface area (TPSA) is 124 Å². The van der Waals surface area contributed by atoms with E-state index in [2.05, 4.69) is 5.32 Å². The minimum atomic E-state index is -1.13. The fraction of sp³-hybridized carbons (Fsp3) is 0. The van der Waals surface area contributed by atoms with Crippen molar-refractivity contribution in [1.82, 2.24) is 0 Å². The van der Waals surface area contributed by atoms with Gasteiger partial charge in [0, 0.05) is 5.39 Å². The average molecular weight is 353 g/mol. The zero-order chi connectivity index (χ0) is 19.1. The maximum absolute atomic E-state index is 10.5. The molecule has 0 aromatic heterocycles. The van der Waals surface area contributed by atoms with Crippen LogP contribution in [0.2, 0.25) is 0 Å². The Labute approximate surface area is 148 Å². The van der Waals surface area contributed by atoms with Crippen molar-refractivity contribution in [2.75, 3.05) is 5.32 Å². The Morgan fingerprint density at radius 2 is 1.23 bits per heavy atom. The maximum Gasteiger partial charge on any atom is 0.409 e. The SMILES string of the molecule is O=C(O)Nc1cccc2ccccc12.O=C(O)c1cccc(C(=O)O)c1. The Kier molecular flexibility index (Phi) is 5.89. The molecule has 4 N–H and O–H groups in total. The number of rotatable bonds is 3. The van der Waals surface area contributed by atoms with Crippen LogP contribution < -0.4 is 5.32 Å². The van der Waals surface area contributed by atoms with E-state index in [9.17, 15) is 14.4 Å². The monoisotopic (exact) mass is 353 g/mol. The molecule has 26 heavy (non-hydrogen) atoms. The first-order valence-electron chi connectivity index (χ1n) is 7.43. The molecule has 3 aromatic rings. The molecule has 0 saturated heterocycles. The molecule has 3 aromatic carbocycles. The zero-order valence-electron chi connectivity index (χ0n) is 13.4. The lowest BCUT2D eigenvalue weighted by Crippen LogP contribution is -2.07. The molecular formula is C19H15NO6. The molecule has 7 heteroatoms. The summed E-state index contributed by atoms with van der Waals surface area (Å²) in [5.74, 6) is -2.25. The lowest BCUT2D eigenvalue weighted by atomic mass is 10.1. The van der Waals surface area contributed by atoms with Gasteiger partial charge < -0.3 is 15.3 Å². The summed E-state index contributed by atoms with van der Waals surface area (Å²) in [4.78, 5) is 31.3. The zero-order valence-corrected chi connectivity index (χ0v) is 13.4. The quantitative estimate of drug-likeness (QED) is 0.564. The van der Waals surface area contributed by atoms with Crippen LogP contribution in [0.25, 0.3) is 10.8 Å². The van der Waals surface area contributed by atoms with Crippen molar-refractivity contribution in [3.63, 3.8) is 0 Å². The Bertz CT molecular complexity index is 932. The number of anilines is 1. The van der Waals surface area contributed by atoms with E-state index in [4.69, 9.17) is 15.3 Å². The second-order valence-electron chi connectivity index (χ2n) is 5.15. The third kappa shape index (κ3) is 4.81. The molecular weight excluding hydrogens is 338 g/mol. The van der Waals surface area contributed by atoms with Gasteiger partial charge in [0.1, 0.15) is 0 Å². The van der Waals surface area contributed by atoms with Gasteiger partial charge in [-0.2, -0.15) is 0 Å². The number of amides is 1. The molecule has 0 heterocycles. The van der Waals surface area contributed by atoms with Crippen LogP contribution in [-0.2, 0) is 0 Å². The van der Waals surface area contributed by atoms with Crippen molar-refractivity contribution in [3.8, 4) is 0 Å². The summed E-state index contributed by atoms with van der Waals surface area (Å²) in [5, 5.41) is 29.9. The van der Waals surface area contributed by atoms with Gasteiger partial charge in [-0.25, -0.2) is 14.4 Å². The van der Waals surface area contributed by atoms with E-state index in [-0.39, 0.29) is 11.1 Å². The largest absolute Gasteiger partial charge is 0.478 e. The molecule has 7 nitrogen and oxygen atoms in total. The normalized spacial score (nSPS) is 9.69. The van der Waals surface area contributed by atoms with E-state index in [1.54, 1.807) is 6.07 Å². The molecule has 0 unspecified atom stereocenters. The van der Waals surface area contributed by atoms with E-state index < -0.39 is 18.0 Å². The van der Waals surface area contributed by atoms with Crippen LogP contribution >= 0.6 is 0 Å². The highest BCUT2D eigenvalue weighted by Crippen LogP contribution is 2.22. The van der Waals surface area contributed by atoms with Gasteiger partial charge in [-0.3, -0.25) is 5.32 Å². The Balaban J connectivity index is 0.000000190. The number of carboxylic acids is 2. The molecule has 0 radical (unpaired) electrons. The molecule has 0 fully saturated rings. The van der Waals surface area contributed by atoms with Gasteiger partial charge in [0.2, 0.25) is 0 Å². The summed E-state index contributed by atoms with van der Waals surface area (Å²) >= 11 is 0. The van der Waals surface area contributed by atoms with Crippen molar-refractivity contribution < 1.29 is 29.7 Å². The predicted molar refractivity (Wildman–Crippen MR) is 96.0 cm³/mol. The van der Waals surface area contributed by atoms with Crippen molar-refractivity contribution in [2.24, 2.45) is 0 Å². The van der Waals surface area contributed by atoms with Crippen molar-refractivity contribution in [1.29, 1.82) is 0 Å². The van der Waals surface area contributed by atoms with E-state index in [1.807, 2.05) is 36.4 Å². The minimum Gasteiger partial charge on any atom is -0.478 e. The standard InChI is InChI=1S/C11H9NO2.C8H6O4/c13-11(14)12-10-7-3-5-8-4-1-2-6-9(8)10;9-7(10)5-2-1-3-6(4-5)8(11)12/h1-7,12H,(H,13,14);1-4H,(H,9,10)(H,11,12). The molecule has 0 aliphatic carbocycles. The predicted octanol–water partition coefficient (Wildman–Crippen LogP) is 4.01. The molecule has 0 aliphatic heterocycles. The molecule has 3 rings (SSSR count). The highest BCUT2D eigenvalue weighted by molar-refractivity contribution is 5.99. The summed E-state index contributed by atoms with van der Waals surface area (Å²) < 4.78 is 0. The second-order valence-corrected chi connectivity index (χ2v) is 5.15. The van der Waals surface area contributed by atoms with E-state index >= 15 is 0 Å². The number of aromatic carboxylic acids is 2. The summed E-state index contributed by atoms with van der Waals surface area (Å²) in [5.41, 5.74) is 0.584. The summed E-state index contributed by atoms with van der Waals surface area (Å²) in [6.45, 7) is 0. The maximum atomic E-state index is 10.5. The van der Waals surface area contributed by atoms with Gasteiger partial charge in [0.15, 0.2) is 0 Å². The number of carboxylic acid groups (broad SMARTS) is 3. The van der Waals surface area contributed by atoms with Crippen LogP contribution in [0, 0.1) is 0 Å². The van der Waals surface area contributed by atoms with Crippen LogP contribution in [0.5, 0.6) is 0 Å². The van der Waals surface area contributed by atoms with Crippen LogP contribution in [0.15, 0.2) is 66.7 Å². The molecule has 0 aliphatic rings. The van der Waals surface area contributed by atoms with Crippen LogP contribution in [0.4, 0.5) is 10.5 Å². The van der Waals surface area contributed by atoms with E-state index in [0.29, 0.717) is 5.69 Å². The average Bonchev–Trinajstić information content (AvgIpc) is 2.62. The van der Waals surface area contributed by atoms with Gasteiger partial charge >= 0.3 is 18.0 Å². The Morgan fingerprint density at radius 1 is 0.692 bits per heavy atom. The van der Waals surface area contributed by atoms with Gasteiger partial charge in [-0.15, -0.1) is 0 Å². The number of hydrogen-bond acceptors (Lipinski definition) is 3. The molecule has 1 amide bonds. The molecule has 132 valence electrons. The fourth-order valence-electron chi connectivity index (χ4n) is 2.23. The first-order chi connectivity index (χ1) is 12.4. The van der Waals surface area contributed by atoms with Crippen molar-refractivity contribution in [2.45, 2.75) is 0 Å². The minimum absolute atomic E-state index is 0.0186. The number of fused-ring (bicyclic) bond motifs is 1. The van der Waals surface area contributed by atoms with Crippen LogP contribution in [0.1, 0.15) is 20.7 Å². The van der Waals surface area contributed by atoms with E-state index in [1.165, 1.54) is 18.2 Å². The number of nitrogens with one attached hydrogen (secondary N) is 1. The van der Waals surface area contributed by atoms with Crippen LogP contribution in [0.3, 0.4) is 0 Å². The lowest BCUT2D eigenvalue weighted by Gasteiger charge is -2.04. The highest BCUT2D eigenvalue weighted by Gasteiger charge is 2.06. The molecule has 0 saturated carbocycles. The van der Waals surface area contributed by atoms with Crippen molar-refractivity contribution in [3.05, 3.63) is 77.9 Å². The third-order valence-corrected chi connectivity index (χ3v) is 3.39. The van der Waals surface area contributed by atoms with Gasteiger partial charge in [-0.05, 0) is 29.7 Å². The number of carbonyl (C=O) groups is 3. The first kappa shape index (κ1) is 18.5. The van der Waals surface area contributed by atoms with Gasteiger partial charge in [0.05, 0.1) is 16.8 Å². The summed E-state index contributed by atoms with van der Waals surface area (Å²) in [6.07, 6.45) is -1.04. The van der Waals surface area contributed by atoms with Gasteiger partial charge in [-0.1, -0.05) is 42.5 Å². The Morgan fingerprint density at radius 3 is 1.81 bits per heavy atom. The molecule has 0 bridgehead atoms. The number of hydrogen-bond donors (Lipinski definition) is 4. The second kappa shape index (κ2) is 8.29. The molecule has 0 atom stereocenters. The highest BCUT2D eigenvalue weighted by atomic mass is 16.4.